The largest absolute Gasteiger partial charge is 0.245 e. The smallest absolute Gasteiger partial charge is 0.225 e. The lowest BCUT2D eigenvalue weighted by molar-refractivity contribution is 0.569. The molecule has 0 bridgehead atoms. The van der Waals surface area contributed by atoms with Crippen LogP contribution in [-0.4, -0.2) is 19.2 Å². The first-order chi connectivity index (χ1) is 6.94. The molecule has 0 saturated carbocycles. The number of nitriles is 1. The van der Waals surface area contributed by atoms with E-state index in [9.17, 15) is 8.42 Å². The van der Waals surface area contributed by atoms with E-state index in [-0.39, 0.29) is 6.04 Å². The van der Waals surface area contributed by atoms with Gasteiger partial charge < -0.3 is 0 Å². The number of thiazole rings is 1. The van der Waals surface area contributed by atoms with Gasteiger partial charge in [0.1, 0.15) is 5.01 Å². The standard InChI is InChI=1S/C8H11N3O2S2/c1-6-5-14-8(10-6)7(2)11-15(12,13)4-3-9/h5,7,11H,4H2,1-2H3. The second-order valence-corrected chi connectivity index (χ2v) is 5.73. The Bertz CT molecular complexity index is 472. The molecular formula is C8H11N3O2S2. The van der Waals surface area contributed by atoms with E-state index in [0.29, 0.717) is 5.01 Å². The molecule has 15 heavy (non-hydrogen) atoms. The third-order valence-electron chi connectivity index (χ3n) is 1.62. The van der Waals surface area contributed by atoms with Crippen molar-refractivity contribution in [1.29, 1.82) is 5.26 Å². The topological polar surface area (TPSA) is 82.9 Å². The van der Waals surface area contributed by atoms with Crippen LogP contribution in [0.15, 0.2) is 5.38 Å². The van der Waals surface area contributed by atoms with Crippen LogP contribution >= 0.6 is 11.3 Å². The minimum absolute atomic E-state index is 0.387. The van der Waals surface area contributed by atoms with Gasteiger partial charge in [0.05, 0.1) is 12.1 Å². The van der Waals surface area contributed by atoms with Crippen LogP contribution in [0.25, 0.3) is 0 Å². The van der Waals surface area contributed by atoms with Crippen molar-refractivity contribution in [3.05, 3.63) is 16.1 Å². The van der Waals surface area contributed by atoms with Crippen LogP contribution < -0.4 is 4.72 Å². The fourth-order valence-electron chi connectivity index (χ4n) is 1.02. The second kappa shape index (κ2) is 4.70. The maximum Gasteiger partial charge on any atom is 0.225 e. The predicted octanol–water partition coefficient (Wildman–Crippen LogP) is 0.956. The van der Waals surface area contributed by atoms with Crippen molar-refractivity contribution >= 4 is 21.4 Å². The monoisotopic (exact) mass is 245 g/mol. The van der Waals surface area contributed by atoms with Gasteiger partial charge in [-0.05, 0) is 13.8 Å². The molecule has 1 aromatic heterocycles. The molecule has 0 radical (unpaired) electrons. The zero-order chi connectivity index (χ0) is 11.5. The Morgan fingerprint density at radius 1 is 1.73 bits per heavy atom. The van der Waals surface area contributed by atoms with E-state index in [2.05, 4.69) is 9.71 Å². The highest BCUT2D eigenvalue weighted by molar-refractivity contribution is 7.89. The van der Waals surface area contributed by atoms with Gasteiger partial charge in [-0.3, -0.25) is 0 Å². The molecule has 0 aliphatic carbocycles. The summed E-state index contributed by atoms with van der Waals surface area (Å²) in [4.78, 5) is 4.16. The van der Waals surface area contributed by atoms with E-state index in [1.54, 1.807) is 13.0 Å². The van der Waals surface area contributed by atoms with Crippen molar-refractivity contribution in [3.8, 4) is 6.07 Å². The molecule has 0 spiro atoms. The first kappa shape index (κ1) is 12.1. The van der Waals surface area contributed by atoms with Crippen LogP contribution in [0.4, 0.5) is 0 Å². The fourth-order valence-corrected chi connectivity index (χ4v) is 2.80. The number of aryl methyl sites for hydroxylation is 1. The number of nitrogens with one attached hydrogen (secondary N) is 1. The van der Waals surface area contributed by atoms with E-state index < -0.39 is 15.8 Å². The number of aromatic nitrogens is 1. The highest BCUT2D eigenvalue weighted by Crippen LogP contribution is 2.17. The minimum atomic E-state index is -3.51. The van der Waals surface area contributed by atoms with Gasteiger partial charge in [0.2, 0.25) is 10.0 Å². The van der Waals surface area contributed by atoms with Gasteiger partial charge >= 0.3 is 0 Å². The van der Waals surface area contributed by atoms with Gasteiger partial charge in [-0.1, -0.05) is 0 Å². The Labute approximate surface area is 92.8 Å². The number of nitrogens with zero attached hydrogens (tertiary/aromatic N) is 2. The summed E-state index contributed by atoms with van der Waals surface area (Å²) in [6.45, 7) is 3.55. The molecule has 0 aliphatic rings. The molecule has 1 rings (SSSR count). The van der Waals surface area contributed by atoms with Crippen molar-refractivity contribution in [3.63, 3.8) is 0 Å². The minimum Gasteiger partial charge on any atom is -0.245 e. The molecule has 0 aliphatic heterocycles. The highest BCUT2D eigenvalue weighted by atomic mass is 32.2. The second-order valence-electron chi connectivity index (χ2n) is 3.08. The molecule has 0 amide bonds. The zero-order valence-electron chi connectivity index (χ0n) is 8.39. The van der Waals surface area contributed by atoms with Crippen LogP contribution in [0.3, 0.4) is 0 Å². The number of hydrogen-bond donors (Lipinski definition) is 1. The lowest BCUT2D eigenvalue weighted by Crippen LogP contribution is -2.28. The average molecular weight is 245 g/mol. The maximum atomic E-state index is 11.3. The van der Waals surface area contributed by atoms with Gasteiger partial charge in [-0.15, -0.1) is 11.3 Å². The van der Waals surface area contributed by atoms with E-state index in [1.807, 2.05) is 12.3 Å². The summed E-state index contributed by atoms with van der Waals surface area (Å²) in [7, 11) is -3.51. The molecule has 1 heterocycles. The van der Waals surface area contributed by atoms with Crippen molar-refractivity contribution in [2.45, 2.75) is 19.9 Å². The van der Waals surface area contributed by atoms with Gasteiger partial charge in [-0.2, -0.15) is 5.26 Å². The molecule has 1 unspecified atom stereocenters. The van der Waals surface area contributed by atoms with Gasteiger partial charge in [-0.25, -0.2) is 18.1 Å². The molecule has 82 valence electrons. The first-order valence-corrected chi connectivity index (χ1v) is 6.77. The van der Waals surface area contributed by atoms with Crippen molar-refractivity contribution < 1.29 is 8.42 Å². The summed E-state index contributed by atoms with van der Waals surface area (Å²) in [5.74, 6) is -0.526. The quantitative estimate of drug-likeness (QED) is 0.856. The van der Waals surface area contributed by atoms with Crippen LogP contribution in [0.1, 0.15) is 23.7 Å². The summed E-state index contributed by atoms with van der Waals surface area (Å²) in [5.41, 5.74) is 0.862. The number of rotatable bonds is 4. The van der Waals surface area contributed by atoms with Crippen LogP contribution in [-0.2, 0) is 10.0 Å². The predicted molar refractivity (Wildman–Crippen MR) is 57.8 cm³/mol. The molecule has 5 nitrogen and oxygen atoms in total. The lowest BCUT2D eigenvalue weighted by atomic mass is 10.4. The first-order valence-electron chi connectivity index (χ1n) is 4.23. The Balaban J connectivity index is 2.72. The van der Waals surface area contributed by atoms with Gasteiger partial charge in [0.15, 0.2) is 5.75 Å². The Kier molecular flexibility index (Phi) is 3.79. The molecule has 7 heteroatoms. The highest BCUT2D eigenvalue weighted by Gasteiger charge is 2.17. The summed E-state index contributed by atoms with van der Waals surface area (Å²) >= 11 is 1.40. The maximum absolute atomic E-state index is 11.3. The molecule has 0 fully saturated rings. The average Bonchev–Trinajstić information content (AvgIpc) is 2.50. The third-order valence-corrected chi connectivity index (χ3v) is 3.99. The van der Waals surface area contributed by atoms with E-state index in [4.69, 9.17) is 5.26 Å². The van der Waals surface area contributed by atoms with Crippen LogP contribution in [0.2, 0.25) is 0 Å². The van der Waals surface area contributed by atoms with E-state index in [0.717, 1.165) is 5.69 Å². The third kappa shape index (κ3) is 3.58. The Morgan fingerprint density at radius 2 is 2.40 bits per heavy atom. The number of sulfonamides is 1. The molecule has 1 aromatic rings. The Hall–Kier alpha value is -0.970. The van der Waals surface area contributed by atoms with E-state index in [1.165, 1.54) is 11.3 Å². The van der Waals surface area contributed by atoms with Crippen molar-refractivity contribution in [2.24, 2.45) is 0 Å². The van der Waals surface area contributed by atoms with E-state index >= 15 is 0 Å². The van der Waals surface area contributed by atoms with Crippen molar-refractivity contribution in [1.82, 2.24) is 9.71 Å². The fraction of sp³-hybridized carbons (Fsp3) is 0.500. The normalized spacial score (nSPS) is 13.4. The van der Waals surface area contributed by atoms with Crippen LogP contribution in [0, 0.1) is 18.3 Å². The van der Waals surface area contributed by atoms with Gasteiger partial charge in [0, 0.05) is 11.1 Å². The summed E-state index contributed by atoms with van der Waals surface area (Å²) in [6, 6.07) is 1.22. The number of hydrogen-bond acceptors (Lipinski definition) is 5. The van der Waals surface area contributed by atoms with Gasteiger partial charge in [0.25, 0.3) is 0 Å². The summed E-state index contributed by atoms with van der Waals surface area (Å²) < 4.78 is 24.9. The van der Waals surface area contributed by atoms with Crippen molar-refractivity contribution in [2.75, 3.05) is 5.75 Å². The summed E-state index contributed by atoms with van der Waals surface area (Å²) in [6.07, 6.45) is 0. The zero-order valence-corrected chi connectivity index (χ0v) is 10.0. The molecule has 0 aromatic carbocycles. The summed E-state index contributed by atoms with van der Waals surface area (Å²) in [5, 5.41) is 10.9. The SMILES string of the molecule is Cc1csc(C(C)NS(=O)(=O)CC#N)n1. The van der Waals surface area contributed by atoms with Crippen LogP contribution in [0.5, 0.6) is 0 Å². The lowest BCUT2D eigenvalue weighted by Gasteiger charge is -2.09. The molecule has 0 saturated heterocycles. The molecule has 1 atom stereocenters. The molecular weight excluding hydrogens is 234 g/mol. The Morgan fingerprint density at radius 3 is 2.87 bits per heavy atom. The molecule has 1 N–H and O–H groups in total.